The molecule has 0 heterocycles. The Morgan fingerprint density at radius 2 is 0.886 bits per heavy atom. The molecule has 3 aromatic rings. The van der Waals surface area contributed by atoms with E-state index in [4.69, 9.17) is 0 Å². The van der Waals surface area contributed by atoms with E-state index in [1.165, 1.54) is 20.2 Å². The summed E-state index contributed by atoms with van der Waals surface area (Å²) >= 11 is 0. The van der Waals surface area contributed by atoms with Crippen molar-refractivity contribution in [1.29, 1.82) is 0 Å². The summed E-state index contributed by atoms with van der Waals surface area (Å²) in [5, 5.41) is -7.61. The van der Waals surface area contributed by atoms with Crippen LogP contribution in [0.25, 0.3) is 0 Å². The third kappa shape index (κ3) is 7.63. The molecule has 5 nitrogen and oxygen atoms in total. The molecule has 0 fully saturated rings. The number of aryl methyl sites for hydroxylation is 1. The van der Waals surface area contributed by atoms with Crippen molar-refractivity contribution in [2.45, 2.75) is 50.4 Å². The first-order chi connectivity index (χ1) is 19.8. The van der Waals surface area contributed by atoms with Crippen LogP contribution in [0.2, 0.25) is 0 Å². The lowest BCUT2D eigenvalue weighted by molar-refractivity contribution is -0.382. The topological polar surface area (TPSA) is 80.3 Å². The molecule has 0 saturated carbocycles. The Labute approximate surface area is 245 Å². The molecule has 0 aliphatic heterocycles. The van der Waals surface area contributed by atoms with E-state index in [2.05, 4.69) is 91.9 Å². The van der Waals surface area contributed by atoms with Crippen LogP contribution in [0.15, 0.2) is 99.6 Å². The summed E-state index contributed by atoms with van der Waals surface area (Å²) in [6.45, 7) is 2.13. The normalized spacial score (nSPS) is 13.8. The monoisotopic (exact) mass is 708 g/mol. The van der Waals surface area contributed by atoms with Crippen molar-refractivity contribution < 1.29 is 69.5 Å². The molecule has 0 saturated heterocycles. The SMILES string of the molecule is Cc1ccc([S+](c2ccccc2)c2ccccc2)cc1.O=S(=O)(NS(=O)(=O)C(F)(F)C(F)(F)C(F)(F)C(F)(F)F)C(F)(F)F. The minimum absolute atomic E-state index is 0.0229. The van der Waals surface area contributed by atoms with Crippen molar-refractivity contribution in [1.82, 2.24) is 4.13 Å². The van der Waals surface area contributed by atoms with Crippen molar-refractivity contribution in [3.63, 3.8) is 0 Å². The summed E-state index contributed by atoms with van der Waals surface area (Å²) < 4.78 is 187. The standard InChI is InChI=1S/C19H17S.C5HF12NO4S2/c1-16-12-14-19(15-13-16)20(17-8-4-2-5-9-17)18-10-6-3-7-11-18;6-1(7,3(10,11)12)2(8,9)4(13,14)23(19,20)18-24(21,22)5(15,16)17/h2-15H,1H3;18H/q+1;. The molecule has 244 valence electrons. The minimum Gasteiger partial charge on any atom is -0.205 e. The summed E-state index contributed by atoms with van der Waals surface area (Å²) in [4.78, 5) is 4.10. The van der Waals surface area contributed by atoms with Crippen molar-refractivity contribution >= 4 is 30.9 Å². The number of hydrogen-bond donors (Lipinski definition) is 1. The number of rotatable bonds is 8. The summed E-state index contributed by atoms with van der Waals surface area (Å²) in [5.74, 6) is -15.6. The number of nitrogens with one attached hydrogen (secondary N) is 1. The molecule has 20 heteroatoms. The lowest BCUT2D eigenvalue weighted by atomic mass is 10.1. The molecule has 0 atom stereocenters. The zero-order valence-corrected chi connectivity index (χ0v) is 23.9. The molecule has 0 bridgehead atoms. The van der Waals surface area contributed by atoms with Crippen LogP contribution in [0.3, 0.4) is 0 Å². The molecule has 0 aromatic heterocycles. The molecular weight excluding hydrogens is 690 g/mol. The number of hydrogen-bond acceptors (Lipinski definition) is 4. The predicted molar refractivity (Wildman–Crippen MR) is 134 cm³/mol. The van der Waals surface area contributed by atoms with Gasteiger partial charge in [0.2, 0.25) is 0 Å². The van der Waals surface area contributed by atoms with Gasteiger partial charge in [0.25, 0.3) is 10.0 Å². The van der Waals surface area contributed by atoms with Crippen LogP contribution in [-0.2, 0) is 30.9 Å². The maximum Gasteiger partial charge on any atom is 0.512 e. The van der Waals surface area contributed by atoms with E-state index in [1.807, 2.05) is 0 Å². The van der Waals surface area contributed by atoms with Gasteiger partial charge >= 0.3 is 38.8 Å². The smallest absolute Gasteiger partial charge is 0.205 e. The van der Waals surface area contributed by atoms with Crippen LogP contribution < -0.4 is 4.13 Å². The highest BCUT2D eigenvalue weighted by Gasteiger charge is 2.85. The van der Waals surface area contributed by atoms with Gasteiger partial charge in [0, 0.05) is 0 Å². The van der Waals surface area contributed by atoms with E-state index in [9.17, 15) is 69.5 Å². The predicted octanol–water partition coefficient (Wildman–Crippen LogP) is 7.27. The second kappa shape index (κ2) is 12.8. The molecule has 3 rings (SSSR count). The van der Waals surface area contributed by atoms with E-state index in [-0.39, 0.29) is 10.9 Å². The fraction of sp³-hybridized carbons (Fsp3) is 0.250. The number of halogens is 12. The Kier molecular flexibility index (Phi) is 10.8. The van der Waals surface area contributed by atoms with Gasteiger partial charge in [-0.1, -0.05) is 58.2 Å². The largest absolute Gasteiger partial charge is 0.512 e. The number of benzene rings is 3. The second-order valence-corrected chi connectivity index (χ2v) is 14.1. The van der Waals surface area contributed by atoms with Crippen LogP contribution in [-0.4, -0.2) is 45.6 Å². The number of alkyl halides is 12. The van der Waals surface area contributed by atoms with Crippen LogP contribution in [0.4, 0.5) is 52.7 Å². The highest BCUT2D eigenvalue weighted by molar-refractivity contribution is 8.05. The summed E-state index contributed by atoms with van der Waals surface area (Å²) in [6.07, 6.45) is -7.46. The highest BCUT2D eigenvalue weighted by Crippen LogP contribution is 2.54. The van der Waals surface area contributed by atoms with Gasteiger partial charge in [-0.25, -0.2) is 16.8 Å². The van der Waals surface area contributed by atoms with E-state index in [0.29, 0.717) is 0 Å². The van der Waals surface area contributed by atoms with Crippen molar-refractivity contribution in [3.05, 3.63) is 90.5 Å². The highest BCUT2D eigenvalue weighted by atomic mass is 32.3. The van der Waals surface area contributed by atoms with Gasteiger partial charge in [-0.15, -0.1) is 0 Å². The molecule has 0 spiro atoms. The molecule has 0 unspecified atom stereocenters. The van der Waals surface area contributed by atoms with Gasteiger partial charge < -0.3 is 0 Å². The quantitative estimate of drug-likeness (QED) is 0.197. The van der Waals surface area contributed by atoms with Gasteiger partial charge in [-0.05, 0) is 43.3 Å². The lowest BCUT2D eigenvalue weighted by Gasteiger charge is -2.32. The fourth-order valence-electron chi connectivity index (χ4n) is 2.97. The van der Waals surface area contributed by atoms with Crippen LogP contribution in [0, 0.1) is 6.92 Å². The lowest BCUT2D eigenvalue weighted by Crippen LogP contribution is -2.65. The molecule has 0 aliphatic carbocycles. The van der Waals surface area contributed by atoms with Crippen LogP contribution in [0.1, 0.15) is 5.56 Å². The average Bonchev–Trinajstić information content (AvgIpc) is 2.89. The Bertz CT molecular complexity index is 1570. The molecule has 1 N–H and O–H groups in total. The van der Waals surface area contributed by atoms with Crippen molar-refractivity contribution in [3.8, 4) is 0 Å². The molecule has 44 heavy (non-hydrogen) atoms. The van der Waals surface area contributed by atoms with E-state index in [1.54, 1.807) is 0 Å². The van der Waals surface area contributed by atoms with E-state index < -0.39 is 53.0 Å². The summed E-state index contributed by atoms with van der Waals surface area (Å²) in [6, 6.07) is 30.4. The van der Waals surface area contributed by atoms with Gasteiger partial charge in [-0.2, -0.15) is 52.7 Å². The van der Waals surface area contributed by atoms with E-state index in [0.717, 1.165) is 0 Å². The first-order valence-electron chi connectivity index (χ1n) is 11.3. The van der Waals surface area contributed by atoms with E-state index >= 15 is 0 Å². The Balaban J connectivity index is 0.000000310. The maximum absolute atomic E-state index is 12.9. The van der Waals surface area contributed by atoms with Gasteiger partial charge in [-0.3, -0.25) is 0 Å². The molecule has 3 aromatic carbocycles. The average molecular weight is 709 g/mol. The first-order valence-corrected chi connectivity index (χ1v) is 15.4. The molecule has 0 radical (unpaired) electrons. The van der Waals surface area contributed by atoms with Gasteiger partial charge in [0.05, 0.1) is 10.9 Å². The summed E-state index contributed by atoms with van der Waals surface area (Å²) in [5.41, 5.74) is -5.39. The van der Waals surface area contributed by atoms with Crippen molar-refractivity contribution in [2.75, 3.05) is 0 Å². The molecule has 0 amide bonds. The Hall–Kier alpha value is -2.97. The third-order valence-corrected chi connectivity index (χ3v) is 10.7. The zero-order valence-electron chi connectivity index (χ0n) is 21.5. The van der Waals surface area contributed by atoms with Crippen LogP contribution >= 0.6 is 0 Å². The third-order valence-electron chi connectivity index (χ3n) is 5.19. The molecular formula is C24H18F12NO4S3+. The maximum atomic E-state index is 12.9. The minimum atomic E-state index is -7.92. The van der Waals surface area contributed by atoms with Gasteiger partial charge in [0.1, 0.15) is 0 Å². The van der Waals surface area contributed by atoms with Crippen LogP contribution in [0.5, 0.6) is 0 Å². The molecule has 0 aliphatic rings. The second-order valence-electron chi connectivity index (χ2n) is 8.44. The fourth-order valence-corrected chi connectivity index (χ4v) is 7.47. The first kappa shape index (κ1) is 37.2. The summed E-state index contributed by atoms with van der Waals surface area (Å²) in [7, 11) is -15.3. The Morgan fingerprint density at radius 1 is 0.523 bits per heavy atom. The Morgan fingerprint density at radius 3 is 1.23 bits per heavy atom. The number of sulfonamides is 2. The van der Waals surface area contributed by atoms with Gasteiger partial charge in [0.15, 0.2) is 14.7 Å². The van der Waals surface area contributed by atoms with Crippen molar-refractivity contribution in [2.24, 2.45) is 0 Å². The zero-order chi connectivity index (χ0) is 34.0.